The average molecular weight is 190 g/mol. The molecule has 0 atom stereocenters. The zero-order valence-corrected chi connectivity index (χ0v) is 8.00. The van der Waals surface area contributed by atoms with Crippen LogP contribution in [0.5, 0.6) is 0 Å². The van der Waals surface area contributed by atoms with Crippen molar-refractivity contribution in [2.24, 2.45) is 0 Å². The molecule has 2 aromatic rings. The summed E-state index contributed by atoms with van der Waals surface area (Å²) in [6.07, 6.45) is 3.03. The number of H-pyrrole nitrogens is 1. The second-order valence-corrected chi connectivity index (χ2v) is 3.14. The number of aromatic nitrogens is 2. The van der Waals surface area contributed by atoms with Crippen LogP contribution in [-0.4, -0.2) is 9.97 Å². The van der Waals surface area contributed by atoms with E-state index in [1.807, 2.05) is 13.8 Å². The second-order valence-electron chi connectivity index (χ2n) is 3.14. The van der Waals surface area contributed by atoms with Crippen LogP contribution in [0.15, 0.2) is 27.8 Å². The van der Waals surface area contributed by atoms with Crippen molar-refractivity contribution < 1.29 is 4.42 Å². The molecule has 1 N–H and O–H groups in total. The first kappa shape index (κ1) is 8.74. The van der Waals surface area contributed by atoms with Crippen LogP contribution in [0.4, 0.5) is 0 Å². The lowest BCUT2D eigenvalue weighted by Crippen LogP contribution is -2.13. The Bertz CT molecular complexity index is 497. The predicted octanol–water partition coefficient (Wildman–Crippen LogP) is 1.65. The molecule has 0 amide bonds. The number of hydrogen-bond acceptors (Lipinski definition) is 3. The second kappa shape index (κ2) is 3.14. The molecule has 0 aliphatic heterocycles. The summed E-state index contributed by atoms with van der Waals surface area (Å²) in [5.74, 6) is 0. The highest BCUT2D eigenvalue weighted by Crippen LogP contribution is 2.13. The summed E-state index contributed by atoms with van der Waals surface area (Å²) >= 11 is 0. The van der Waals surface area contributed by atoms with Crippen molar-refractivity contribution in [1.29, 1.82) is 0 Å². The van der Waals surface area contributed by atoms with E-state index in [0.29, 0.717) is 11.3 Å². The Morgan fingerprint density at radius 3 is 2.86 bits per heavy atom. The Balaban J connectivity index is 2.66. The van der Waals surface area contributed by atoms with E-state index >= 15 is 0 Å². The molecule has 0 saturated carbocycles. The van der Waals surface area contributed by atoms with Crippen LogP contribution in [0, 0.1) is 13.8 Å². The number of aromatic amines is 1. The maximum Gasteiger partial charge on any atom is 0.274 e. The molecule has 2 rings (SSSR count). The van der Waals surface area contributed by atoms with Gasteiger partial charge in [-0.25, -0.2) is 4.98 Å². The van der Waals surface area contributed by atoms with Gasteiger partial charge >= 0.3 is 0 Å². The van der Waals surface area contributed by atoms with E-state index in [0.717, 1.165) is 11.4 Å². The normalized spacial score (nSPS) is 10.4. The van der Waals surface area contributed by atoms with Crippen molar-refractivity contribution >= 4 is 0 Å². The number of hydrogen-bond donors (Lipinski definition) is 1. The fraction of sp³-hybridized carbons (Fsp3) is 0.200. The maximum atomic E-state index is 11.5. The van der Waals surface area contributed by atoms with Crippen LogP contribution in [0.3, 0.4) is 0 Å². The Hall–Kier alpha value is -1.84. The van der Waals surface area contributed by atoms with E-state index in [2.05, 4.69) is 9.97 Å². The summed E-state index contributed by atoms with van der Waals surface area (Å²) in [7, 11) is 0. The molecule has 0 aliphatic rings. The van der Waals surface area contributed by atoms with Crippen LogP contribution in [0.25, 0.3) is 11.3 Å². The van der Waals surface area contributed by atoms with E-state index in [-0.39, 0.29) is 5.56 Å². The van der Waals surface area contributed by atoms with Gasteiger partial charge in [0, 0.05) is 11.3 Å². The van der Waals surface area contributed by atoms with Crippen molar-refractivity contribution in [3.63, 3.8) is 0 Å². The van der Waals surface area contributed by atoms with Crippen LogP contribution in [0.1, 0.15) is 11.4 Å². The molecular weight excluding hydrogens is 180 g/mol. The lowest BCUT2D eigenvalue weighted by atomic mass is 10.2. The molecule has 14 heavy (non-hydrogen) atoms. The minimum absolute atomic E-state index is 0.186. The molecule has 0 radical (unpaired) electrons. The fourth-order valence-corrected chi connectivity index (χ4v) is 1.22. The van der Waals surface area contributed by atoms with E-state index in [4.69, 9.17) is 4.42 Å². The molecule has 72 valence electrons. The van der Waals surface area contributed by atoms with E-state index in [1.54, 1.807) is 6.07 Å². The number of aryl methyl sites for hydroxylation is 2. The quantitative estimate of drug-likeness (QED) is 0.743. The standard InChI is InChI=1S/C10H10N2O2/c1-6-7(2)12-10(13)9(11-6)8-3-4-14-5-8/h3-5H,1-2H3,(H,12,13). The van der Waals surface area contributed by atoms with Gasteiger partial charge in [-0.15, -0.1) is 0 Å². The van der Waals surface area contributed by atoms with Gasteiger partial charge in [-0.2, -0.15) is 0 Å². The highest BCUT2D eigenvalue weighted by molar-refractivity contribution is 5.56. The molecule has 0 aromatic carbocycles. The monoisotopic (exact) mass is 190 g/mol. The van der Waals surface area contributed by atoms with Gasteiger partial charge in [-0.1, -0.05) is 0 Å². The molecule has 4 nitrogen and oxygen atoms in total. The topological polar surface area (TPSA) is 58.9 Å². The molecule has 0 bridgehead atoms. The fourth-order valence-electron chi connectivity index (χ4n) is 1.22. The minimum atomic E-state index is -0.186. The third kappa shape index (κ3) is 1.35. The number of nitrogens with zero attached hydrogens (tertiary/aromatic N) is 1. The van der Waals surface area contributed by atoms with Gasteiger partial charge in [-0.05, 0) is 19.9 Å². The van der Waals surface area contributed by atoms with E-state index in [1.165, 1.54) is 12.5 Å². The minimum Gasteiger partial charge on any atom is -0.472 e. The summed E-state index contributed by atoms with van der Waals surface area (Å²) in [5.41, 5.74) is 2.54. The van der Waals surface area contributed by atoms with Gasteiger partial charge in [0.05, 0.1) is 18.2 Å². The summed E-state index contributed by atoms with van der Waals surface area (Å²) in [5, 5.41) is 0. The highest BCUT2D eigenvalue weighted by atomic mass is 16.3. The Morgan fingerprint density at radius 1 is 1.43 bits per heavy atom. The summed E-state index contributed by atoms with van der Waals surface area (Å²) in [6, 6.07) is 1.71. The molecule has 0 fully saturated rings. The SMILES string of the molecule is Cc1nc(-c2ccoc2)c(=O)[nH]c1C. The third-order valence-corrected chi connectivity index (χ3v) is 2.13. The van der Waals surface area contributed by atoms with Gasteiger partial charge in [-0.3, -0.25) is 4.79 Å². The van der Waals surface area contributed by atoms with Crippen molar-refractivity contribution in [2.45, 2.75) is 13.8 Å². The van der Waals surface area contributed by atoms with E-state index < -0.39 is 0 Å². The molecule has 0 unspecified atom stereocenters. The molecule has 2 aromatic heterocycles. The zero-order valence-electron chi connectivity index (χ0n) is 8.00. The zero-order chi connectivity index (χ0) is 10.1. The average Bonchev–Trinajstić information content (AvgIpc) is 2.64. The third-order valence-electron chi connectivity index (χ3n) is 2.13. The summed E-state index contributed by atoms with van der Waals surface area (Å²) in [6.45, 7) is 3.68. The first-order chi connectivity index (χ1) is 6.68. The Kier molecular flexibility index (Phi) is 1.96. The van der Waals surface area contributed by atoms with Crippen molar-refractivity contribution in [3.8, 4) is 11.3 Å². The molecular formula is C10H10N2O2. The van der Waals surface area contributed by atoms with Crippen molar-refractivity contribution in [3.05, 3.63) is 40.3 Å². The van der Waals surface area contributed by atoms with Gasteiger partial charge in [0.25, 0.3) is 5.56 Å². The Labute approximate surface area is 80.6 Å². The molecule has 0 aliphatic carbocycles. The van der Waals surface area contributed by atoms with Crippen LogP contribution >= 0.6 is 0 Å². The van der Waals surface area contributed by atoms with Crippen LogP contribution in [0.2, 0.25) is 0 Å². The van der Waals surface area contributed by atoms with Gasteiger partial charge in [0.15, 0.2) is 0 Å². The van der Waals surface area contributed by atoms with Gasteiger partial charge in [0.2, 0.25) is 0 Å². The predicted molar refractivity (Wildman–Crippen MR) is 52.0 cm³/mol. The highest BCUT2D eigenvalue weighted by Gasteiger charge is 2.07. The smallest absolute Gasteiger partial charge is 0.274 e. The van der Waals surface area contributed by atoms with Gasteiger partial charge < -0.3 is 9.40 Å². The first-order valence-electron chi connectivity index (χ1n) is 4.28. The van der Waals surface area contributed by atoms with Crippen LogP contribution in [-0.2, 0) is 0 Å². The van der Waals surface area contributed by atoms with Crippen molar-refractivity contribution in [1.82, 2.24) is 9.97 Å². The maximum absolute atomic E-state index is 11.5. The Morgan fingerprint density at radius 2 is 2.21 bits per heavy atom. The van der Waals surface area contributed by atoms with Crippen LogP contribution < -0.4 is 5.56 Å². The first-order valence-corrected chi connectivity index (χ1v) is 4.28. The largest absolute Gasteiger partial charge is 0.472 e. The molecule has 0 spiro atoms. The molecule has 0 saturated heterocycles. The summed E-state index contributed by atoms with van der Waals surface area (Å²) in [4.78, 5) is 18.5. The number of rotatable bonds is 1. The van der Waals surface area contributed by atoms with Gasteiger partial charge in [0.1, 0.15) is 5.69 Å². The number of nitrogens with one attached hydrogen (secondary N) is 1. The van der Waals surface area contributed by atoms with Crippen molar-refractivity contribution in [2.75, 3.05) is 0 Å². The lowest BCUT2D eigenvalue weighted by Gasteiger charge is -2.00. The molecule has 4 heteroatoms. The number of furan rings is 1. The summed E-state index contributed by atoms with van der Waals surface area (Å²) < 4.78 is 4.90. The van der Waals surface area contributed by atoms with E-state index in [9.17, 15) is 4.79 Å². The molecule has 2 heterocycles. The lowest BCUT2D eigenvalue weighted by molar-refractivity contribution is 0.568.